The van der Waals surface area contributed by atoms with E-state index in [1.54, 1.807) is 6.07 Å². The molecule has 5 heteroatoms. The van der Waals surface area contributed by atoms with E-state index in [1.807, 2.05) is 13.1 Å². The van der Waals surface area contributed by atoms with Crippen molar-refractivity contribution >= 4 is 9.84 Å². The molecule has 0 aliphatic carbocycles. The van der Waals surface area contributed by atoms with E-state index in [9.17, 15) is 12.8 Å². The van der Waals surface area contributed by atoms with Gasteiger partial charge in [0, 0.05) is 6.26 Å². The van der Waals surface area contributed by atoms with Crippen LogP contribution in [-0.4, -0.2) is 34.0 Å². The van der Waals surface area contributed by atoms with E-state index < -0.39 is 9.84 Å². The fraction of sp³-hybridized carbons (Fsp3) is 0.538. The molecule has 0 spiro atoms. The van der Waals surface area contributed by atoms with Gasteiger partial charge in [0.15, 0.2) is 0 Å². The maximum absolute atomic E-state index is 13.1. The maximum atomic E-state index is 13.1. The first-order chi connectivity index (χ1) is 8.40. The summed E-state index contributed by atoms with van der Waals surface area (Å²) in [6, 6.07) is 6.46. The molecule has 0 amide bonds. The van der Waals surface area contributed by atoms with Gasteiger partial charge in [-0.15, -0.1) is 0 Å². The molecule has 1 rings (SSSR count). The van der Waals surface area contributed by atoms with Crippen LogP contribution in [0.5, 0.6) is 0 Å². The summed E-state index contributed by atoms with van der Waals surface area (Å²) in [6.45, 7) is 0.728. The summed E-state index contributed by atoms with van der Waals surface area (Å²) in [5.74, 6) is 0.125. The summed E-state index contributed by atoms with van der Waals surface area (Å²) in [5, 5.41) is 3.05. The number of benzene rings is 1. The molecule has 1 aromatic carbocycles. The Balaban J connectivity index is 2.62. The third-order valence-electron chi connectivity index (χ3n) is 2.80. The predicted octanol–water partition coefficient (Wildman–Crippen LogP) is 1.64. The molecular weight excluding hydrogens is 253 g/mol. The minimum absolute atomic E-state index is 0.175. The lowest BCUT2D eigenvalue weighted by Crippen LogP contribution is -2.23. The van der Waals surface area contributed by atoms with Crippen molar-refractivity contribution in [2.45, 2.75) is 12.8 Å². The molecule has 0 fully saturated rings. The van der Waals surface area contributed by atoms with Crippen LogP contribution < -0.4 is 5.32 Å². The predicted molar refractivity (Wildman–Crippen MR) is 71.8 cm³/mol. The first-order valence-corrected chi connectivity index (χ1v) is 8.03. The van der Waals surface area contributed by atoms with Crippen molar-refractivity contribution < 1.29 is 12.8 Å². The monoisotopic (exact) mass is 273 g/mol. The molecule has 1 unspecified atom stereocenters. The summed E-state index contributed by atoms with van der Waals surface area (Å²) in [5.41, 5.74) is 0.906. The van der Waals surface area contributed by atoms with Crippen LogP contribution in [0.25, 0.3) is 0 Å². The molecule has 0 aromatic heterocycles. The number of hydrogen-bond donors (Lipinski definition) is 1. The summed E-state index contributed by atoms with van der Waals surface area (Å²) in [6.07, 6.45) is 2.52. The molecule has 1 atom stereocenters. The van der Waals surface area contributed by atoms with E-state index >= 15 is 0 Å². The Kier molecular flexibility index (Phi) is 5.75. The number of hydrogen-bond acceptors (Lipinski definition) is 3. The van der Waals surface area contributed by atoms with Gasteiger partial charge in [-0.2, -0.15) is 0 Å². The van der Waals surface area contributed by atoms with Gasteiger partial charge in [-0.25, -0.2) is 12.8 Å². The summed E-state index contributed by atoms with van der Waals surface area (Å²) in [7, 11) is -1.11. The van der Waals surface area contributed by atoms with Crippen LogP contribution in [-0.2, 0) is 16.3 Å². The number of nitrogens with one attached hydrogen (secondary N) is 1. The van der Waals surface area contributed by atoms with Gasteiger partial charge in [0.25, 0.3) is 0 Å². The highest BCUT2D eigenvalue weighted by Gasteiger charge is 2.12. The standard InChI is InChI=1S/C13H20FNO2S/c1-15-10-12(6-7-18(2,16)17)8-11-4-3-5-13(14)9-11/h3-5,9,12,15H,6-8,10H2,1-2H3. The molecule has 0 heterocycles. The van der Waals surface area contributed by atoms with E-state index in [0.717, 1.165) is 12.1 Å². The third kappa shape index (κ3) is 6.12. The molecule has 102 valence electrons. The second-order valence-corrected chi connectivity index (χ2v) is 6.94. The van der Waals surface area contributed by atoms with Crippen molar-refractivity contribution in [2.24, 2.45) is 5.92 Å². The van der Waals surface area contributed by atoms with Gasteiger partial charge in [-0.1, -0.05) is 12.1 Å². The second-order valence-electron chi connectivity index (χ2n) is 4.68. The molecule has 0 saturated heterocycles. The van der Waals surface area contributed by atoms with Crippen molar-refractivity contribution in [1.82, 2.24) is 5.32 Å². The first kappa shape index (κ1) is 15.1. The van der Waals surface area contributed by atoms with Crippen LogP contribution in [0.15, 0.2) is 24.3 Å². The van der Waals surface area contributed by atoms with Gasteiger partial charge < -0.3 is 5.32 Å². The van der Waals surface area contributed by atoms with Crippen LogP contribution in [0.4, 0.5) is 4.39 Å². The Bertz CT molecular complexity index is 474. The quantitative estimate of drug-likeness (QED) is 0.821. The Labute approximate surface area is 108 Å². The van der Waals surface area contributed by atoms with Crippen LogP contribution in [0.1, 0.15) is 12.0 Å². The van der Waals surface area contributed by atoms with Gasteiger partial charge in [-0.05, 0) is 50.0 Å². The fourth-order valence-electron chi connectivity index (χ4n) is 1.94. The molecule has 3 nitrogen and oxygen atoms in total. The van der Waals surface area contributed by atoms with Gasteiger partial charge in [-0.3, -0.25) is 0 Å². The molecule has 0 saturated carbocycles. The average molecular weight is 273 g/mol. The zero-order valence-electron chi connectivity index (χ0n) is 10.8. The van der Waals surface area contributed by atoms with Gasteiger partial charge in [0.05, 0.1) is 5.75 Å². The normalized spacial score (nSPS) is 13.5. The molecule has 0 aliphatic heterocycles. The second kappa shape index (κ2) is 6.85. The third-order valence-corrected chi connectivity index (χ3v) is 3.78. The zero-order valence-corrected chi connectivity index (χ0v) is 11.6. The largest absolute Gasteiger partial charge is 0.319 e. The molecular formula is C13H20FNO2S. The smallest absolute Gasteiger partial charge is 0.147 e. The first-order valence-electron chi connectivity index (χ1n) is 5.97. The van der Waals surface area contributed by atoms with Crippen LogP contribution >= 0.6 is 0 Å². The Hall–Kier alpha value is -0.940. The SMILES string of the molecule is CNCC(CCS(C)(=O)=O)Cc1cccc(F)c1. The average Bonchev–Trinajstić information content (AvgIpc) is 2.25. The van der Waals surface area contributed by atoms with Crippen molar-refractivity contribution in [1.29, 1.82) is 0 Å². The van der Waals surface area contributed by atoms with E-state index in [-0.39, 0.29) is 17.5 Å². The van der Waals surface area contributed by atoms with Crippen LogP contribution in [0.3, 0.4) is 0 Å². The van der Waals surface area contributed by atoms with E-state index in [1.165, 1.54) is 18.4 Å². The zero-order chi connectivity index (χ0) is 13.6. The van der Waals surface area contributed by atoms with Crippen molar-refractivity contribution in [3.8, 4) is 0 Å². The van der Waals surface area contributed by atoms with E-state index in [4.69, 9.17) is 0 Å². The van der Waals surface area contributed by atoms with Gasteiger partial charge >= 0.3 is 0 Å². The highest BCUT2D eigenvalue weighted by atomic mass is 32.2. The molecule has 0 radical (unpaired) electrons. The fourth-order valence-corrected chi connectivity index (χ4v) is 2.70. The summed E-state index contributed by atoms with van der Waals surface area (Å²) >= 11 is 0. The van der Waals surface area contributed by atoms with Crippen LogP contribution in [0, 0.1) is 11.7 Å². The van der Waals surface area contributed by atoms with Crippen molar-refractivity contribution in [3.63, 3.8) is 0 Å². The highest BCUT2D eigenvalue weighted by Crippen LogP contribution is 2.14. The number of sulfone groups is 1. The van der Waals surface area contributed by atoms with Crippen molar-refractivity contribution in [2.75, 3.05) is 25.6 Å². The molecule has 18 heavy (non-hydrogen) atoms. The van der Waals surface area contributed by atoms with Gasteiger partial charge in [0.2, 0.25) is 0 Å². The molecule has 1 aromatic rings. The van der Waals surface area contributed by atoms with E-state index in [0.29, 0.717) is 12.8 Å². The minimum atomic E-state index is -2.94. The minimum Gasteiger partial charge on any atom is -0.319 e. The molecule has 1 N–H and O–H groups in total. The Morgan fingerprint density at radius 3 is 2.67 bits per heavy atom. The summed E-state index contributed by atoms with van der Waals surface area (Å²) in [4.78, 5) is 0. The lowest BCUT2D eigenvalue weighted by atomic mass is 9.97. The highest BCUT2D eigenvalue weighted by molar-refractivity contribution is 7.90. The van der Waals surface area contributed by atoms with Crippen molar-refractivity contribution in [3.05, 3.63) is 35.6 Å². The maximum Gasteiger partial charge on any atom is 0.147 e. The summed E-state index contributed by atoms with van der Waals surface area (Å²) < 4.78 is 35.4. The van der Waals surface area contributed by atoms with E-state index in [2.05, 4.69) is 5.32 Å². The van der Waals surface area contributed by atoms with Gasteiger partial charge in [0.1, 0.15) is 15.7 Å². The molecule has 0 bridgehead atoms. The lowest BCUT2D eigenvalue weighted by molar-refractivity contribution is 0.477. The van der Waals surface area contributed by atoms with Crippen LogP contribution in [0.2, 0.25) is 0 Å². The molecule has 0 aliphatic rings. The topological polar surface area (TPSA) is 46.2 Å². The number of rotatable bonds is 7. The lowest BCUT2D eigenvalue weighted by Gasteiger charge is -2.16. The number of halogens is 1. The Morgan fingerprint density at radius 1 is 1.39 bits per heavy atom. The Morgan fingerprint density at radius 2 is 2.11 bits per heavy atom.